The van der Waals surface area contributed by atoms with E-state index in [1.807, 2.05) is 0 Å². The molecule has 0 unspecified atom stereocenters. The fourth-order valence-electron chi connectivity index (χ4n) is 4.64. The molecule has 0 radical (unpaired) electrons. The average molecular weight is 390 g/mol. The van der Waals surface area contributed by atoms with Crippen LogP contribution in [0.4, 0.5) is 0 Å². The van der Waals surface area contributed by atoms with Crippen molar-refractivity contribution in [3.05, 3.63) is 0 Å². The average Bonchev–Trinajstić information content (AvgIpc) is 2.73. The number of hydrogen-bond donors (Lipinski definition) is 2. The number of nitrogens with two attached hydrogens (primary N) is 1. The summed E-state index contributed by atoms with van der Waals surface area (Å²) in [7, 11) is -5.09. The maximum atomic E-state index is 10.6. The Balaban J connectivity index is 2.53. The van der Waals surface area contributed by atoms with Crippen LogP contribution in [0.1, 0.15) is 61.8 Å². The van der Waals surface area contributed by atoms with Crippen LogP contribution in [0.15, 0.2) is 0 Å². The summed E-state index contributed by atoms with van der Waals surface area (Å²) in [6, 6.07) is -0.239. The molecule has 1 saturated carbocycles. The molecule has 2 aliphatic rings. The third kappa shape index (κ3) is 3.66. The first-order valence-corrected chi connectivity index (χ1v) is 13.9. The van der Waals surface area contributed by atoms with Crippen LogP contribution in [0.5, 0.6) is 0 Å². The predicted molar refractivity (Wildman–Crippen MR) is 106 cm³/mol. The molecule has 1 aliphatic heterocycles. The lowest BCUT2D eigenvalue weighted by Gasteiger charge is -2.51. The van der Waals surface area contributed by atoms with Gasteiger partial charge in [0.15, 0.2) is 0 Å². The quantitative estimate of drug-likeness (QED) is 0.718. The highest BCUT2D eigenvalue weighted by Crippen LogP contribution is 2.48. The van der Waals surface area contributed by atoms with E-state index in [9.17, 15) is 5.11 Å². The van der Waals surface area contributed by atoms with Crippen LogP contribution >= 0.6 is 0 Å². The molecule has 3 N–H and O–H groups in total. The van der Waals surface area contributed by atoms with Crippen LogP contribution in [0, 0.1) is 5.92 Å². The van der Waals surface area contributed by atoms with Crippen molar-refractivity contribution in [2.24, 2.45) is 11.7 Å². The SMILES string of the molecule is CC(C)[Si]1(C(C)C)OC[C@H]2C[C@@H](N)[C@H](O)[C@@H]2O[Si](C(C)C)(C(C)C)O1. The largest absolute Gasteiger partial charge is 0.414 e. The van der Waals surface area contributed by atoms with Crippen LogP contribution in [0.3, 0.4) is 0 Å². The molecule has 4 atom stereocenters. The van der Waals surface area contributed by atoms with Crippen LogP contribution in [-0.4, -0.2) is 47.1 Å². The van der Waals surface area contributed by atoms with E-state index >= 15 is 0 Å². The molecule has 1 aliphatic carbocycles. The van der Waals surface area contributed by atoms with Crippen molar-refractivity contribution in [1.29, 1.82) is 0 Å². The lowest BCUT2D eigenvalue weighted by atomic mass is 10.1. The van der Waals surface area contributed by atoms with Gasteiger partial charge in [-0.25, -0.2) is 0 Å². The summed E-state index contributed by atoms with van der Waals surface area (Å²) in [5.74, 6) is 0.155. The molecule has 2 fully saturated rings. The van der Waals surface area contributed by atoms with E-state index in [0.29, 0.717) is 17.7 Å². The van der Waals surface area contributed by atoms with Crippen LogP contribution in [-0.2, 0) is 13.0 Å². The van der Waals surface area contributed by atoms with E-state index in [0.717, 1.165) is 6.42 Å². The normalized spacial score (nSPS) is 35.3. The van der Waals surface area contributed by atoms with Crippen molar-refractivity contribution in [3.63, 3.8) is 0 Å². The van der Waals surface area contributed by atoms with Gasteiger partial charge in [-0.3, -0.25) is 0 Å². The molecule has 5 nitrogen and oxygen atoms in total. The van der Waals surface area contributed by atoms with Gasteiger partial charge in [-0.05, 0) is 28.6 Å². The summed E-state index contributed by atoms with van der Waals surface area (Å²) in [4.78, 5) is 0. The van der Waals surface area contributed by atoms with Gasteiger partial charge in [0, 0.05) is 18.6 Å². The van der Waals surface area contributed by atoms with Gasteiger partial charge in [0.25, 0.3) is 0 Å². The minimum absolute atomic E-state index is 0.155. The van der Waals surface area contributed by atoms with E-state index < -0.39 is 23.2 Å². The second kappa shape index (κ2) is 7.69. The first-order valence-electron chi connectivity index (χ1n) is 9.93. The van der Waals surface area contributed by atoms with E-state index in [4.69, 9.17) is 18.7 Å². The topological polar surface area (TPSA) is 73.9 Å². The second-order valence-electron chi connectivity index (χ2n) is 9.21. The first-order chi connectivity index (χ1) is 11.5. The standard InChI is InChI=1S/C18H39NO4Si2/c1-11(2)24(12(3)4)21-10-15-9-16(19)17(20)18(15)22-25(23-24,13(5)6)14(7)8/h11-18,20H,9-10,19H2,1-8H3/t15-,16-,17+,18-/m1/s1. The molecule has 0 amide bonds. The molecule has 0 aromatic rings. The second-order valence-corrected chi connectivity index (χ2v) is 18.1. The van der Waals surface area contributed by atoms with E-state index in [-0.39, 0.29) is 29.1 Å². The van der Waals surface area contributed by atoms with Crippen molar-refractivity contribution < 1.29 is 18.1 Å². The molecule has 0 spiro atoms. The summed E-state index contributed by atoms with van der Waals surface area (Å²) in [6.45, 7) is 18.3. The van der Waals surface area contributed by atoms with E-state index in [1.165, 1.54) is 0 Å². The molecule has 0 bridgehead atoms. The third-order valence-electron chi connectivity index (χ3n) is 6.20. The molecule has 1 saturated heterocycles. The number of hydrogen-bond acceptors (Lipinski definition) is 5. The predicted octanol–water partition coefficient (Wildman–Crippen LogP) is 3.65. The van der Waals surface area contributed by atoms with Crippen molar-refractivity contribution in [2.75, 3.05) is 6.61 Å². The molecule has 0 aromatic heterocycles. The Bertz CT molecular complexity index is 442. The Kier molecular flexibility index (Phi) is 6.63. The maximum absolute atomic E-state index is 10.6. The Morgan fingerprint density at radius 3 is 1.80 bits per heavy atom. The first kappa shape index (κ1) is 21.5. The Hall–Kier alpha value is 0.234. The fourth-order valence-corrected chi connectivity index (χ4v) is 15.9. The smallest absolute Gasteiger partial charge is 0.335 e. The number of fused-ring (bicyclic) bond motifs is 1. The Morgan fingerprint density at radius 1 is 0.880 bits per heavy atom. The van der Waals surface area contributed by atoms with Gasteiger partial charge in [0.2, 0.25) is 0 Å². The summed E-state index contributed by atoms with van der Waals surface area (Å²) in [5.41, 5.74) is 7.42. The van der Waals surface area contributed by atoms with Gasteiger partial charge >= 0.3 is 17.1 Å². The molecule has 25 heavy (non-hydrogen) atoms. The lowest BCUT2D eigenvalue weighted by molar-refractivity contribution is -0.0198. The van der Waals surface area contributed by atoms with Gasteiger partial charge < -0.3 is 23.8 Å². The van der Waals surface area contributed by atoms with Crippen molar-refractivity contribution in [3.8, 4) is 0 Å². The fraction of sp³-hybridized carbons (Fsp3) is 1.00. The summed E-state index contributed by atoms with van der Waals surface area (Å²) < 4.78 is 20.6. The zero-order valence-electron chi connectivity index (χ0n) is 17.3. The highest BCUT2D eigenvalue weighted by molar-refractivity contribution is 6.83. The zero-order valence-corrected chi connectivity index (χ0v) is 19.3. The van der Waals surface area contributed by atoms with Crippen LogP contribution in [0.2, 0.25) is 22.2 Å². The van der Waals surface area contributed by atoms with Gasteiger partial charge in [-0.1, -0.05) is 55.4 Å². The number of rotatable bonds is 4. The highest BCUT2D eigenvalue weighted by atomic mass is 28.5. The van der Waals surface area contributed by atoms with Gasteiger partial charge in [-0.15, -0.1) is 0 Å². The molecule has 148 valence electrons. The minimum atomic E-state index is -2.62. The van der Waals surface area contributed by atoms with Crippen LogP contribution in [0.25, 0.3) is 0 Å². The molecular formula is C18H39NO4Si2. The molecular weight excluding hydrogens is 350 g/mol. The van der Waals surface area contributed by atoms with Gasteiger partial charge in [0.1, 0.15) is 0 Å². The van der Waals surface area contributed by atoms with Gasteiger partial charge in [0.05, 0.1) is 12.2 Å². The zero-order chi connectivity index (χ0) is 19.2. The van der Waals surface area contributed by atoms with Crippen molar-refractivity contribution in [2.45, 2.75) is 102 Å². The Labute approximate surface area is 156 Å². The minimum Gasteiger partial charge on any atom is -0.414 e. The Morgan fingerprint density at radius 2 is 1.36 bits per heavy atom. The number of aliphatic hydroxyl groups is 1. The summed E-state index contributed by atoms with van der Waals surface area (Å²) in [6.07, 6.45) is -0.140. The maximum Gasteiger partial charge on any atom is 0.335 e. The van der Waals surface area contributed by atoms with Crippen LogP contribution < -0.4 is 5.73 Å². The van der Waals surface area contributed by atoms with E-state index in [1.54, 1.807) is 0 Å². The number of aliphatic hydroxyl groups excluding tert-OH is 1. The molecule has 2 rings (SSSR count). The van der Waals surface area contributed by atoms with Crippen molar-refractivity contribution in [1.82, 2.24) is 0 Å². The monoisotopic (exact) mass is 389 g/mol. The van der Waals surface area contributed by atoms with Gasteiger partial charge in [-0.2, -0.15) is 0 Å². The summed E-state index contributed by atoms with van der Waals surface area (Å²) >= 11 is 0. The summed E-state index contributed by atoms with van der Waals surface area (Å²) in [5, 5.41) is 10.6. The highest BCUT2D eigenvalue weighted by Gasteiger charge is 2.60. The van der Waals surface area contributed by atoms with E-state index in [2.05, 4.69) is 55.4 Å². The molecule has 0 aromatic carbocycles. The molecule has 1 heterocycles. The van der Waals surface area contributed by atoms with Crippen molar-refractivity contribution >= 4 is 17.1 Å². The third-order valence-corrected chi connectivity index (χ3v) is 16.4. The molecule has 7 heteroatoms. The lowest BCUT2D eigenvalue weighted by Crippen LogP contribution is -2.65.